The van der Waals surface area contributed by atoms with Gasteiger partial charge in [0, 0.05) is 5.92 Å². The van der Waals surface area contributed by atoms with Crippen molar-refractivity contribution in [2.24, 2.45) is 0 Å². The average Bonchev–Trinajstić information content (AvgIpc) is 2.62. The predicted molar refractivity (Wildman–Crippen MR) is 90.9 cm³/mol. The molecular formula is C20H28O3. The van der Waals surface area contributed by atoms with Gasteiger partial charge in [-0.2, -0.15) is 4.89 Å². The predicted octanol–water partition coefficient (Wildman–Crippen LogP) is 5.13. The molecule has 3 nitrogen and oxygen atoms in total. The van der Waals surface area contributed by atoms with Gasteiger partial charge in [-0.25, -0.2) is 4.89 Å². The molecule has 2 aliphatic rings. The fourth-order valence-corrected chi connectivity index (χ4v) is 3.54. The first-order valence-corrected chi connectivity index (χ1v) is 9.07. The van der Waals surface area contributed by atoms with Crippen LogP contribution in [0.15, 0.2) is 42.5 Å². The third kappa shape index (κ3) is 4.66. The Balaban J connectivity index is 1.58. The van der Waals surface area contributed by atoms with E-state index in [2.05, 4.69) is 43.3 Å². The molecule has 1 fully saturated rings. The fourth-order valence-electron chi connectivity index (χ4n) is 3.54. The van der Waals surface area contributed by atoms with Crippen molar-refractivity contribution in [1.29, 1.82) is 0 Å². The van der Waals surface area contributed by atoms with Crippen molar-refractivity contribution in [2.45, 2.75) is 76.3 Å². The molecule has 1 aliphatic heterocycles. The van der Waals surface area contributed by atoms with E-state index in [1.807, 2.05) is 6.08 Å². The first-order chi connectivity index (χ1) is 11.4. The lowest BCUT2D eigenvalue weighted by atomic mass is 9.81. The van der Waals surface area contributed by atoms with Crippen LogP contribution >= 0.6 is 0 Å². The maximum Gasteiger partial charge on any atom is 0.210 e. The second-order valence-electron chi connectivity index (χ2n) is 6.60. The molecule has 23 heavy (non-hydrogen) atoms. The normalized spacial score (nSPS) is 31.2. The van der Waals surface area contributed by atoms with E-state index in [0.29, 0.717) is 5.92 Å². The molecule has 2 unspecified atom stereocenters. The maximum atomic E-state index is 6.22. The Kier molecular flexibility index (Phi) is 6.26. The Morgan fingerprint density at radius 3 is 2.61 bits per heavy atom. The summed E-state index contributed by atoms with van der Waals surface area (Å²) in [6, 6.07) is 10.7. The molecule has 0 aromatic heterocycles. The van der Waals surface area contributed by atoms with Crippen molar-refractivity contribution in [3.8, 4) is 0 Å². The zero-order valence-electron chi connectivity index (χ0n) is 14.0. The Morgan fingerprint density at radius 2 is 1.87 bits per heavy atom. The van der Waals surface area contributed by atoms with Crippen LogP contribution in [0.1, 0.15) is 63.4 Å². The van der Waals surface area contributed by atoms with Gasteiger partial charge in [0.25, 0.3) is 0 Å². The number of hydrogen-bond donors (Lipinski definition) is 0. The molecular weight excluding hydrogens is 288 g/mol. The van der Waals surface area contributed by atoms with Gasteiger partial charge in [-0.15, -0.1) is 0 Å². The molecule has 1 saturated carbocycles. The molecule has 4 atom stereocenters. The molecule has 0 spiro atoms. The van der Waals surface area contributed by atoms with E-state index in [9.17, 15) is 0 Å². The highest BCUT2D eigenvalue weighted by Crippen LogP contribution is 2.36. The van der Waals surface area contributed by atoms with Gasteiger partial charge in [0.1, 0.15) is 6.10 Å². The SMILES string of the molecule is CCCCC1C=CC(O[C@H]2CCCC[C@@H]2c2ccccc2)OO1. The molecule has 1 aromatic carbocycles. The Bertz CT molecular complexity index is 485. The Morgan fingerprint density at radius 1 is 1.04 bits per heavy atom. The largest absolute Gasteiger partial charge is 0.343 e. The van der Waals surface area contributed by atoms with Crippen molar-refractivity contribution in [2.75, 3.05) is 0 Å². The van der Waals surface area contributed by atoms with Crippen LogP contribution in [-0.2, 0) is 14.5 Å². The summed E-state index contributed by atoms with van der Waals surface area (Å²) in [5.41, 5.74) is 1.37. The van der Waals surface area contributed by atoms with Gasteiger partial charge in [-0.3, -0.25) is 0 Å². The second kappa shape index (κ2) is 8.62. The monoisotopic (exact) mass is 316 g/mol. The van der Waals surface area contributed by atoms with E-state index in [1.54, 1.807) is 0 Å². The molecule has 0 bridgehead atoms. The summed E-state index contributed by atoms with van der Waals surface area (Å²) in [6.07, 6.45) is 12.1. The summed E-state index contributed by atoms with van der Waals surface area (Å²) in [7, 11) is 0. The van der Waals surface area contributed by atoms with E-state index in [0.717, 1.165) is 19.3 Å². The van der Waals surface area contributed by atoms with Gasteiger partial charge >= 0.3 is 0 Å². The van der Waals surface area contributed by atoms with E-state index >= 15 is 0 Å². The molecule has 0 amide bonds. The van der Waals surface area contributed by atoms with Crippen LogP contribution in [0, 0.1) is 0 Å². The molecule has 1 heterocycles. The maximum absolute atomic E-state index is 6.22. The van der Waals surface area contributed by atoms with Gasteiger partial charge < -0.3 is 4.74 Å². The smallest absolute Gasteiger partial charge is 0.210 e. The zero-order chi connectivity index (χ0) is 15.9. The van der Waals surface area contributed by atoms with Crippen LogP contribution in [0.5, 0.6) is 0 Å². The number of benzene rings is 1. The topological polar surface area (TPSA) is 27.7 Å². The van der Waals surface area contributed by atoms with Gasteiger partial charge in [0.15, 0.2) is 0 Å². The summed E-state index contributed by atoms with van der Waals surface area (Å²) in [4.78, 5) is 10.9. The van der Waals surface area contributed by atoms with Crippen LogP contribution < -0.4 is 0 Å². The van der Waals surface area contributed by atoms with Crippen LogP contribution in [0.25, 0.3) is 0 Å². The first kappa shape index (κ1) is 16.7. The number of rotatable bonds is 6. The lowest BCUT2D eigenvalue weighted by Crippen LogP contribution is -2.33. The fraction of sp³-hybridized carbons (Fsp3) is 0.600. The van der Waals surface area contributed by atoms with Crippen LogP contribution in [0.3, 0.4) is 0 Å². The standard InChI is InChI=1S/C20H28O3/c1-2-3-11-17-14-15-20(23-22-17)21-19-13-8-7-12-18(19)16-9-5-4-6-10-16/h4-6,9-10,14-15,17-20H,2-3,7-8,11-13H2,1H3/t17?,18-,19+,20?/m1/s1. The number of unbranched alkanes of at least 4 members (excludes halogenated alkanes) is 1. The Hall–Kier alpha value is -1.16. The molecule has 0 radical (unpaired) electrons. The summed E-state index contributed by atoms with van der Waals surface area (Å²) >= 11 is 0. The van der Waals surface area contributed by atoms with Crippen molar-refractivity contribution in [3.05, 3.63) is 48.0 Å². The zero-order valence-corrected chi connectivity index (χ0v) is 14.0. The van der Waals surface area contributed by atoms with Gasteiger partial charge in [-0.1, -0.05) is 69.0 Å². The molecule has 126 valence electrons. The summed E-state index contributed by atoms with van der Waals surface area (Å²) < 4.78 is 6.22. The van der Waals surface area contributed by atoms with Crippen molar-refractivity contribution < 1.29 is 14.5 Å². The number of ether oxygens (including phenoxy) is 1. The highest BCUT2D eigenvalue weighted by molar-refractivity contribution is 5.21. The minimum Gasteiger partial charge on any atom is -0.343 e. The van der Waals surface area contributed by atoms with E-state index in [4.69, 9.17) is 14.5 Å². The average molecular weight is 316 g/mol. The second-order valence-corrected chi connectivity index (χ2v) is 6.60. The third-order valence-corrected chi connectivity index (χ3v) is 4.84. The molecule has 0 saturated heterocycles. The number of hydrogen-bond acceptors (Lipinski definition) is 3. The van der Waals surface area contributed by atoms with Gasteiger partial charge in [0.05, 0.1) is 6.10 Å². The minimum atomic E-state index is -0.373. The van der Waals surface area contributed by atoms with Crippen LogP contribution in [0.4, 0.5) is 0 Å². The molecule has 3 heteroatoms. The first-order valence-electron chi connectivity index (χ1n) is 9.07. The van der Waals surface area contributed by atoms with Crippen LogP contribution in [0.2, 0.25) is 0 Å². The van der Waals surface area contributed by atoms with Crippen LogP contribution in [-0.4, -0.2) is 18.5 Å². The molecule has 1 aliphatic carbocycles. The molecule has 1 aromatic rings. The van der Waals surface area contributed by atoms with Gasteiger partial charge in [-0.05, 0) is 30.9 Å². The molecule has 0 N–H and O–H groups in total. The van der Waals surface area contributed by atoms with E-state index in [1.165, 1.54) is 31.2 Å². The van der Waals surface area contributed by atoms with Crippen molar-refractivity contribution in [1.82, 2.24) is 0 Å². The van der Waals surface area contributed by atoms with E-state index in [-0.39, 0.29) is 18.5 Å². The molecule has 3 rings (SSSR count). The summed E-state index contributed by atoms with van der Waals surface area (Å²) in [5, 5.41) is 0. The van der Waals surface area contributed by atoms with Gasteiger partial charge in [0.2, 0.25) is 6.29 Å². The van der Waals surface area contributed by atoms with Crippen molar-refractivity contribution in [3.63, 3.8) is 0 Å². The van der Waals surface area contributed by atoms with Crippen molar-refractivity contribution >= 4 is 0 Å². The summed E-state index contributed by atoms with van der Waals surface area (Å²) in [5.74, 6) is 0.458. The Labute approximate surface area is 139 Å². The highest BCUT2D eigenvalue weighted by Gasteiger charge is 2.30. The lowest BCUT2D eigenvalue weighted by molar-refractivity contribution is -0.393. The quantitative estimate of drug-likeness (QED) is 0.538. The summed E-state index contributed by atoms with van der Waals surface area (Å²) in [6.45, 7) is 2.19. The highest BCUT2D eigenvalue weighted by atomic mass is 17.2. The van der Waals surface area contributed by atoms with E-state index < -0.39 is 0 Å². The third-order valence-electron chi connectivity index (χ3n) is 4.84. The lowest BCUT2D eigenvalue weighted by Gasteiger charge is -2.34. The minimum absolute atomic E-state index is 0.0751.